The second kappa shape index (κ2) is 26.5. The maximum atomic E-state index is 14.0. The fourth-order valence-corrected chi connectivity index (χ4v) is 9.99. The molecule has 80 heavy (non-hydrogen) atoms. The van der Waals surface area contributed by atoms with Crippen molar-refractivity contribution in [2.75, 3.05) is 39.8 Å². The Morgan fingerprint density at radius 3 is 1.76 bits per heavy atom. The fraction of sp³-hybridized carbons (Fsp3) is 0.852. The quantitative estimate of drug-likeness (QED) is 0.0933. The van der Waals surface area contributed by atoms with E-state index in [0.717, 1.165) is 4.90 Å². The maximum absolute atomic E-state index is 14.0. The van der Waals surface area contributed by atoms with Gasteiger partial charge in [-0.05, 0) is 155 Å². The molecule has 26 heteroatoms. The number of nitrogens with one attached hydrogen (secondary N) is 6. The molecule has 4 rings (SSSR count). The van der Waals surface area contributed by atoms with Crippen LogP contribution in [0.5, 0.6) is 0 Å². The van der Waals surface area contributed by atoms with E-state index in [1.165, 1.54) is 14.0 Å². The van der Waals surface area contributed by atoms with Crippen molar-refractivity contribution in [3.05, 3.63) is 11.8 Å². The lowest BCUT2D eigenvalue weighted by Crippen LogP contribution is -2.71. The van der Waals surface area contributed by atoms with Gasteiger partial charge in [-0.1, -0.05) is 0 Å². The second-order valence-corrected chi connectivity index (χ2v) is 26.8. The molecule has 460 valence electrons. The summed E-state index contributed by atoms with van der Waals surface area (Å²) >= 11 is 0. The molecule has 3 fully saturated rings. The molecule has 1 unspecified atom stereocenters. The monoisotopic (exact) mass is 1150 g/mol. The summed E-state index contributed by atoms with van der Waals surface area (Å²) in [5, 5.41) is 76.1. The first-order valence-electron chi connectivity index (χ1n) is 27.4. The average Bonchev–Trinajstić information content (AvgIpc) is 3.24. The molecule has 4 aliphatic rings. The smallest absolute Gasteiger partial charge is 0.410 e. The summed E-state index contributed by atoms with van der Waals surface area (Å²) in [5.41, 5.74) is -7.45. The van der Waals surface area contributed by atoms with Crippen LogP contribution < -0.4 is 31.9 Å². The topological polar surface area (TPSA) is 353 Å². The van der Waals surface area contributed by atoms with Gasteiger partial charge in [0, 0.05) is 38.6 Å². The molecule has 0 spiro atoms. The summed E-state index contributed by atoms with van der Waals surface area (Å²) in [6.07, 6.45) is -12.2. The van der Waals surface area contributed by atoms with Gasteiger partial charge in [0.1, 0.15) is 63.8 Å². The van der Waals surface area contributed by atoms with Gasteiger partial charge in [-0.3, -0.25) is 4.79 Å². The van der Waals surface area contributed by atoms with Gasteiger partial charge in [-0.25, -0.2) is 24.0 Å². The summed E-state index contributed by atoms with van der Waals surface area (Å²) < 4.78 is 46.7. The van der Waals surface area contributed by atoms with E-state index in [1.807, 2.05) is 0 Å². The van der Waals surface area contributed by atoms with Gasteiger partial charge in [-0.15, -0.1) is 0 Å². The van der Waals surface area contributed by atoms with Gasteiger partial charge >= 0.3 is 30.5 Å². The first kappa shape index (κ1) is 67.5. The molecule has 2 aliphatic carbocycles. The Morgan fingerprint density at radius 1 is 0.713 bits per heavy atom. The van der Waals surface area contributed by atoms with Crippen LogP contribution in [-0.2, 0) is 42.7 Å². The minimum absolute atomic E-state index is 0.0102. The van der Waals surface area contributed by atoms with Crippen LogP contribution in [-0.4, -0.2) is 207 Å². The minimum atomic E-state index is -1.89. The first-order valence-corrected chi connectivity index (χ1v) is 27.4. The number of hydrogen-bond donors (Lipinski definition) is 11. The van der Waals surface area contributed by atoms with E-state index in [9.17, 15) is 54.3 Å². The summed E-state index contributed by atoms with van der Waals surface area (Å²) in [6.45, 7) is 26.3. The van der Waals surface area contributed by atoms with Crippen molar-refractivity contribution in [3.8, 4) is 0 Å². The van der Waals surface area contributed by atoms with Crippen LogP contribution in [0.1, 0.15) is 143 Å². The van der Waals surface area contributed by atoms with Gasteiger partial charge < -0.3 is 100 Å². The third-order valence-electron chi connectivity index (χ3n) is 13.1. The zero-order valence-corrected chi connectivity index (χ0v) is 50.0. The number of nitrogens with zero attached hydrogens (tertiary/aromatic N) is 1. The molecule has 11 N–H and O–H groups in total. The second-order valence-electron chi connectivity index (χ2n) is 26.8. The Bertz CT molecular complexity index is 2160. The number of aliphatic hydroxyl groups excluding tert-OH is 3. The Hall–Kier alpha value is -4.96. The Morgan fingerprint density at radius 2 is 1.23 bits per heavy atom. The Kier molecular flexibility index (Phi) is 22.4. The predicted molar refractivity (Wildman–Crippen MR) is 289 cm³/mol. The molecule has 26 nitrogen and oxygen atoms in total. The zero-order chi connectivity index (χ0) is 60.7. The van der Waals surface area contributed by atoms with Crippen LogP contribution in [0.2, 0.25) is 0 Å². The Labute approximate surface area is 470 Å². The number of ether oxygens (including phenoxy) is 8. The molecule has 6 amide bonds. The van der Waals surface area contributed by atoms with Crippen LogP contribution in [0, 0.1) is 11.8 Å². The van der Waals surface area contributed by atoms with Crippen molar-refractivity contribution in [1.82, 2.24) is 36.8 Å². The van der Waals surface area contributed by atoms with E-state index in [2.05, 4.69) is 31.9 Å². The van der Waals surface area contributed by atoms with E-state index in [-0.39, 0.29) is 44.8 Å². The number of likely N-dealkylation sites (N-methyl/N-ethyl adjacent to an activating group) is 1. The Balaban J connectivity index is 1.74. The molecule has 0 aromatic heterocycles. The molecule has 1 saturated heterocycles. The van der Waals surface area contributed by atoms with Gasteiger partial charge in [0.05, 0.1) is 43.0 Å². The lowest BCUT2D eigenvalue weighted by Gasteiger charge is -2.52. The molecule has 0 aromatic carbocycles. The normalized spacial score (nSPS) is 30.6. The van der Waals surface area contributed by atoms with Crippen LogP contribution in [0.4, 0.5) is 24.0 Å². The van der Waals surface area contributed by atoms with Crippen molar-refractivity contribution >= 4 is 36.4 Å². The van der Waals surface area contributed by atoms with E-state index in [1.54, 1.807) is 110 Å². The first-order chi connectivity index (χ1) is 36.4. The van der Waals surface area contributed by atoms with Gasteiger partial charge in [0.15, 0.2) is 6.29 Å². The molecule has 2 saturated carbocycles. The van der Waals surface area contributed by atoms with E-state index < -0.39 is 149 Å². The molecule has 2 aliphatic heterocycles. The third-order valence-corrected chi connectivity index (χ3v) is 13.1. The highest BCUT2D eigenvalue weighted by atomic mass is 16.7. The van der Waals surface area contributed by atoms with Crippen molar-refractivity contribution in [3.63, 3.8) is 0 Å². The summed E-state index contributed by atoms with van der Waals surface area (Å²) in [6, 6.07) is -4.99. The maximum Gasteiger partial charge on any atom is 0.410 e. The fourth-order valence-electron chi connectivity index (χ4n) is 9.99. The number of alkyl carbamates (subject to hydrolysis) is 4. The number of hydrogen-bond acceptors (Lipinski definition) is 20. The van der Waals surface area contributed by atoms with Gasteiger partial charge in [0.2, 0.25) is 5.91 Å². The molecule has 0 aromatic rings. The van der Waals surface area contributed by atoms with Crippen molar-refractivity contribution in [2.24, 2.45) is 11.8 Å². The molecular formula is C54H95N7O19. The molecule has 12 atom stereocenters. The standard InChI is InChI=1S/C54H95N7O19/c1-48(2,3)76-43(66)56-21-20-34(62)41(65)58-33-22-32(60-46(69)79-51(10,11)12)35(36(63)39(33)75-42-37(64)40(53(16,71)28-73-42)61(17)47(70)80-52(13,14)15)38-31(59-45(68)78-50(7,8)9)19-18-30(74-38)26-55-27-54(72)23-29(24-54)25-57-44(67)77-49(4,5)6/h18,29,31-40,42,55,62-64,71-72H,19-28H2,1-17H3,(H,56,66)(H,57,67)(H,58,65)(H,59,68)(H,60,69)/t29?,31-,32+,33-,34+,35?,36+,37-,38+,39+,40-,42-,53+,54?/m1/s1. The zero-order valence-electron chi connectivity index (χ0n) is 50.0. The van der Waals surface area contributed by atoms with Crippen molar-refractivity contribution < 1.29 is 92.2 Å². The minimum Gasteiger partial charge on any atom is -0.491 e. The van der Waals surface area contributed by atoms with Crippen LogP contribution in [0.25, 0.3) is 0 Å². The highest BCUT2D eigenvalue weighted by Crippen LogP contribution is 2.40. The van der Waals surface area contributed by atoms with Crippen molar-refractivity contribution in [2.45, 2.75) is 243 Å². The number of carbonyl (C=O) groups is 6. The molecule has 0 bridgehead atoms. The lowest BCUT2D eigenvalue weighted by molar-refractivity contribution is -0.305. The summed E-state index contributed by atoms with van der Waals surface area (Å²) in [5.74, 6) is -1.97. The summed E-state index contributed by atoms with van der Waals surface area (Å²) in [7, 11) is 1.31. The van der Waals surface area contributed by atoms with E-state index >= 15 is 0 Å². The third kappa shape index (κ3) is 21.4. The number of amides is 6. The highest BCUT2D eigenvalue weighted by molar-refractivity contribution is 5.81. The largest absolute Gasteiger partial charge is 0.491 e. The molecular weight excluding hydrogens is 1050 g/mol. The highest BCUT2D eigenvalue weighted by Gasteiger charge is 2.57. The van der Waals surface area contributed by atoms with Crippen LogP contribution >= 0.6 is 0 Å². The molecule has 2 heterocycles. The lowest BCUT2D eigenvalue weighted by atomic mass is 9.71. The van der Waals surface area contributed by atoms with Crippen LogP contribution in [0.15, 0.2) is 11.8 Å². The van der Waals surface area contributed by atoms with Crippen LogP contribution in [0.3, 0.4) is 0 Å². The van der Waals surface area contributed by atoms with Crippen molar-refractivity contribution in [1.29, 1.82) is 0 Å². The summed E-state index contributed by atoms with van der Waals surface area (Å²) in [4.78, 5) is 80.6. The van der Waals surface area contributed by atoms with E-state index in [4.69, 9.17) is 37.9 Å². The molecule has 0 radical (unpaired) electrons. The average molecular weight is 1150 g/mol. The number of rotatable bonds is 17. The number of carbonyl (C=O) groups excluding carboxylic acids is 6. The van der Waals surface area contributed by atoms with Gasteiger partial charge in [-0.2, -0.15) is 0 Å². The van der Waals surface area contributed by atoms with E-state index in [0.29, 0.717) is 25.1 Å². The number of aliphatic hydroxyl groups is 5. The predicted octanol–water partition coefficient (Wildman–Crippen LogP) is 2.93. The SMILES string of the molecule is CN(C(=O)OC(C)(C)C)[C@@H]1[C@@H](O)[C@@H](O[C@H]2[C@H](NC(=O)[C@@H](O)CCNC(=O)OC(C)(C)C)C[C@H](NC(=O)OC(C)(C)C)C([C@H]3OC(CNCC4(O)CC(CNC(=O)OC(C)(C)C)C4)=CC[C@H]3NC(=O)OC(C)(C)C)[C@@H]2O)OC[C@]1(C)O. The van der Waals surface area contributed by atoms with Gasteiger partial charge in [0.25, 0.3) is 0 Å².